The molecule has 5 heteroatoms. The third-order valence-electron chi connectivity index (χ3n) is 4.88. The molecule has 1 aliphatic heterocycles. The Balaban J connectivity index is 1.46. The predicted octanol–water partition coefficient (Wildman–Crippen LogP) is 3.89. The van der Waals surface area contributed by atoms with Crippen LogP contribution in [-0.2, 0) is 11.3 Å². The van der Waals surface area contributed by atoms with Gasteiger partial charge in [-0.25, -0.2) is 9.07 Å². The van der Waals surface area contributed by atoms with E-state index in [1.807, 2.05) is 29.1 Å². The van der Waals surface area contributed by atoms with E-state index in [0.717, 1.165) is 30.9 Å². The van der Waals surface area contributed by atoms with Crippen LogP contribution in [-0.4, -0.2) is 34.4 Å². The molecular weight excluding hydrogens is 329 g/mol. The Bertz CT molecular complexity index is 861. The largest absolute Gasteiger partial charge is 0.371 e. The highest BCUT2D eigenvalue weighted by Crippen LogP contribution is 2.24. The number of nitrogens with zero attached hydrogens (tertiary/aromatic N) is 3. The van der Waals surface area contributed by atoms with Crippen LogP contribution in [0, 0.1) is 12.7 Å². The number of hydrogen-bond acceptors (Lipinski definition) is 3. The molecule has 0 spiro atoms. The Hall–Kier alpha value is -2.50. The zero-order chi connectivity index (χ0) is 17.9. The van der Waals surface area contributed by atoms with Crippen LogP contribution in [0.1, 0.15) is 22.8 Å². The van der Waals surface area contributed by atoms with Crippen molar-refractivity contribution in [3.05, 3.63) is 83.4 Å². The summed E-state index contributed by atoms with van der Waals surface area (Å²) in [4.78, 5) is 2.40. The van der Waals surface area contributed by atoms with E-state index >= 15 is 0 Å². The first-order chi connectivity index (χ1) is 12.7. The van der Waals surface area contributed by atoms with Gasteiger partial charge in [-0.05, 0) is 53.9 Å². The number of aryl methyl sites for hydroxylation is 1. The van der Waals surface area contributed by atoms with E-state index in [9.17, 15) is 4.39 Å². The van der Waals surface area contributed by atoms with Crippen molar-refractivity contribution < 1.29 is 9.13 Å². The van der Waals surface area contributed by atoms with Crippen molar-refractivity contribution in [1.82, 2.24) is 14.7 Å². The van der Waals surface area contributed by atoms with Crippen molar-refractivity contribution in [2.75, 3.05) is 19.7 Å². The molecular formula is C21H22FN3O. The van der Waals surface area contributed by atoms with E-state index in [1.54, 1.807) is 6.20 Å². The maximum atomic E-state index is 13.1. The van der Waals surface area contributed by atoms with E-state index in [0.29, 0.717) is 6.61 Å². The Morgan fingerprint density at radius 2 is 2.04 bits per heavy atom. The second-order valence-electron chi connectivity index (χ2n) is 6.71. The fourth-order valence-corrected chi connectivity index (χ4v) is 3.39. The molecule has 134 valence electrons. The van der Waals surface area contributed by atoms with Crippen LogP contribution in [0.15, 0.2) is 60.9 Å². The van der Waals surface area contributed by atoms with Gasteiger partial charge in [0, 0.05) is 32.0 Å². The topological polar surface area (TPSA) is 30.3 Å². The van der Waals surface area contributed by atoms with Crippen LogP contribution < -0.4 is 0 Å². The van der Waals surface area contributed by atoms with Gasteiger partial charge in [-0.15, -0.1) is 0 Å². The van der Waals surface area contributed by atoms with E-state index < -0.39 is 0 Å². The molecule has 1 saturated heterocycles. The fourth-order valence-electron chi connectivity index (χ4n) is 3.39. The Morgan fingerprint density at radius 3 is 2.77 bits per heavy atom. The summed E-state index contributed by atoms with van der Waals surface area (Å²) in [6, 6.07) is 15.0. The average Bonchev–Trinajstić information content (AvgIpc) is 3.19. The molecule has 4 rings (SSSR count). The van der Waals surface area contributed by atoms with Crippen molar-refractivity contribution in [2.24, 2.45) is 0 Å². The van der Waals surface area contributed by atoms with Crippen LogP contribution in [0.25, 0.3) is 5.69 Å². The number of hydrogen-bond donors (Lipinski definition) is 0. The molecule has 2 heterocycles. The lowest BCUT2D eigenvalue weighted by Gasteiger charge is -2.33. The Morgan fingerprint density at radius 1 is 1.19 bits per heavy atom. The summed E-state index contributed by atoms with van der Waals surface area (Å²) in [5, 5.41) is 4.29. The molecule has 0 N–H and O–H groups in total. The first kappa shape index (κ1) is 16.9. The molecule has 2 aromatic carbocycles. The minimum absolute atomic E-state index is 0.00648. The third kappa shape index (κ3) is 3.69. The monoisotopic (exact) mass is 351 g/mol. The molecule has 1 aromatic heterocycles. The van der Waals surface area contributed by atoms with Crippen LogP contribution in [0.2, 0.25) is 0 Å². The second kappa shape index (κ2) is 7.40. The standard InChI is InChI=1S/C21H22FN3O/c1-16-13-20(25-10-2-9-23-25)8-5-18(16)14-24-11-12-26-21(15-24)17-3-6-19(22)7-4-17/h2-10,13,21H,11-12,14-15H2,1H3. The Labute approximate surface area is 152 Å². The first-order valence-electron chi connectivity index (χ1n) is 8.88. The SMILES string of the molecule is Cc1cc(-n2cccn2)ccc1CN1CCOC(c2ccc(F)cc2)C1. The summed E-state index contributed by atoms with van der Waals surface area (Å²) in [6.07, 6.45) is 3.73. The van der Waals surface area contributed by atoms with Gasteiger partial charge in [-0.3, -0.25) is 4.90 Å². The average molecular weight is 351 g/mol. The quantitative estimate of drug-likeness (QED) is 0.714. The van der Waals surface area contributed by atoms with E-state index in [1.165, 1.54) is 23.3 Å². The smallest absolute Gasteiger partial charge is 0.123 e. The molecule has 4 nitrogen and oxygen atoms in total. The number of benzene rings is 2. The van der Waals surface area contributed by atoms with Gasteiger partial charge in [-0.2, -0.15) is 5.10 Å². The second-order valence-corrected chi connectivity index (χ2v) is 6.71. The normalized spacial score (nSPS) is 18.2. The highest BCUT2D eigenvalue weighted by atomic mass is 19.1. The summed E-state index contributed by atoms with van der Waals surface area (Å²) in [7, 11) is 0. The maximum absolute atomic E-state index is 13.1. The van der Waals surface area contributed by atoms with E-state index in [4.69, 9.17) is 4.74 Å². The minimum atomic E-state index is -0.214. The van der Waals surface area contributed by atoms with Crippen molar-refractivity contribution in [3.63, 3.8) is 0 Å². The highest BCUT2D eigenvalue weighted by Gasteiger charge is 2.22. The van der Waals surface area contributed by atoms with Crippen LogP contribution in [0.3, 0.4) is 0 Å². The van der Waals surface area contributed by atoms with Crippen molar-refractivity contribution in [2.45, 2.75) is 19.6 Å². The maximum Gasteiger partial charge on any atom is 0.123 e. The number of morpholine rings is 1. The summed E-state index contributed by atoms with van der Waals surface area (Å²) < 4.78 is 20.9. The summed E-state index contributed by atoms with van der Waals surface area (Å²) in [6.45, 7) is 5.42. The van der Waals surface area contributed by atoms with Gasteiger partial charge in [0.25, 0.3) is 0 Å². The third-order valence-corrected chi connectivity index (χ3v) is 4.88. The van der Waals surface area contributed by atoms with Gasteiger partial charge in [0.15, 0.2) is 0 Å². The molecule has 1 atom stereocenters. The van der Waals surface area contributed by atoms with Gasteiger partial charge < -0.3 is 4.74 Å². The first-order valence-corrected chi connectivity index (χ1v) is 8.88. The van der Waals surface area contributed by atoms with Crippen LogP contribution >= 0.6 is 0 Å². The molecule has 0 bridgehead atoms. The number of ether oxygens (including phenoxy) is 1. The van der Waals surface area contributed by atoms with Crippen LogP contribution in [0.4, 0.5) is 4.39 Å². The van der Waals surface area contributed by atoms with E-state index in [2.05, 4.69) is 35.1 Å². The molecule has 1 aliphatic rings. The van der Waals surface area contributed by atoms with Crippen molar-refractivity contribution >= 4 is 0 Å². The molecule has 0 saturated carbocycles. The zero-order valence-electron chi connectivity index (χ0n) is 14.8. The number of halogens is 1. The molecule has 0 aliphatic carbocycles. The molecule has 3 aromatic rings. The van der Waals surface area contributed by atoms with Gasteiger partial charge in [0.05, 0.1) is 18.4 Å². The van der Waals surface area contributed by atoms with Gasteiger partial charge in [0.2, 0.25) is 0 Å². The molecule has 26 heavy (non-hydrogen) atoms. The lowest BCUT2D eigenvalue weighted by molar-refractivity contribution is -0.0330. The lowest BCUT2D eigenvalue weighted by atomic mass is 10.0. The number of aromatic nitrogens is 2. The van der Waals surface area contributed by atoms with Gasteiger partial charge in [0.1, 0.15) is 5.82 Å². The number of rotatable bonds is 4. The molecule has 1 fully saturated rings. The summed E-state index contributed by atoms with van der Waals surface area (Å²) in [5.74, 6) is -0.214. The van der Waals surface area contributed by atoms with Gasteiger partial charge >= 0.3 is 0 Å². The minimum Gasteiger partial charge on any atom is -0.371 e. The molecule has 0 amide bonds. The van der Waals surface area contributed by atoms with Crippen molar-refractivity contribution in [3.8, 4) is 5.69 Å². The summed E-state index contributed by atoms with van der Waals surface area (Å²) in [5.41, 5.74) is 4.66. The lowest BCUT2D eigenvalue weighted by Crippen LogP contribution is -2.38. The van der Waals surface area contributed by atoms with E-state index in [-0.39, 0.29) is 11.9 Å². The highest BCUT2D eigenvalue weighted by molar-refractivity contribution is 5.39. The fraction of sp³-hybridized carbons (Fsp3) is 0.286. The Kier molecular flexibility index (Phi) is 4.82. The summed E-state index contributed by atoms with van der Waals surface area (Å²) >= 11 is 0. The molecule has 0 radical (unpaired) electrons. The predicted molar refractivity (Wildman–Crippen MR) is 98.7 cm³/mol. The molecule has 1 unspecified atom stereocenters. The van der Waals surface area contributed by atoms with Crippen LogP contribution in [0.5, 0.6) is 0 Å². The van der Waals surface area contributed by atoms with Gasteiger partial charge in [-0.1, -0.05) is 18.2 Å². The zero-order valence-corrected chi connectivity index (χ0v) is 14.8. The van der Waals surface area contributed by atoms with Crippen molar-refractivity contribution in [1.29, 1.82) is 0 Å².